The fraction of sp³-hybridized carbons (Fsp3) is 0.500. The number of benzene rings is 1. The van der Waals surface area contributed by atoms with Crippen molar-refractivity contribution in [2.75, 3.05) is 25.1 Å². The molecule has 2 rings (SSSR count). The van der Waals surface area contributed by atoms with E-state index in [2.05, 4.69) is 0 Å². The fourth-order valence-corrected chi connectivity index (χ4v) is 2.46. The Kier molecular flexibility index (Phi) is 4.32. The number of anilines is 1. The van der Waals surface area contributed by atoms with E-state index in [-0.39, 0.29) is 17.4 Å². The molecule has 0 unspecified atom stereocenters. The predicted octanol–water partition coefficient (Wildman–Crippen LogP) is 3.13. The van der Waals surface area contributed by atoms with E-state index in [1.54, 1.807) is 12.0 Å². The predicted molar refractivity (Wildman–Crippen MR) is 69.1 cm³/mol. The molecule has 1 aliphatic heterocycles. The molecule has 1 fully saturated rings. The molecule has 1 heterocycles. The number of piperidine rings is 1. The Labute approximate surface area is 115 Å². The highest BCUT2D eigenvalue weighted by molar-refractivity contribution is 5.77. The van der Waals surface area contributed by atoms with Crippen molar-refractivity contribution in [3.8, 4) is 0 Å². The highest BCUT2D eigenvalue weighted by atomic mass is 19.4. The van der Waals surface area contributed by atoms with Crippen LogP contribution in [0.5, 0.6) is 0 Å². The summed E-state index contributed by atoms with van der Waals surface area (Å²) in [6.45, 7) is 1.03. The van der Waals surface area contributed by atoms with Crippen LogP contribution in [-0.2, 0) is 10.9 Å². The Bertz CT molecular complexity index is 480. The number of methoxy groups -OCH3 is 1. The maximum Gasteiger partial charge on any atom is 0.418 e. The zero-order valence-corrected chi connectivity index (χ0v) is 11.1. The summed E-state index contributed by atoms with van der Waals surface area (Å²) in [4.78, 5) is 12.4. The quantitative estimate of drug-likeness (QED) is 0.800. The first-order valence-electron chi connectivity index (χ1n) is 6.40. The van der Waals surface area contributed by atoms with Crippen LogP contribution in [0, 0.1) is 0 Å². The van der Waals surface area contributed by atoms with E-state index in [0.717, 1.165) is 6.07 Å². The van der Waals surface area contributed by atoms with E-state index in [0.29, 0.717) is 32.2 Å². The molecule has 0 N–H and O–H groups in total. The second-order valence-corrected chi connectivity index (χ2v) is 4.81. The van der Waals surface area contributed by atoms with E-state index in [9.17, 15) is 18.0 Å². The number of hydrogen-bond acceptors (Lipinski definition) is 3. The Morgan fingerprint density at radius 1 is 1.30 bits per heavy atom. The number of carbonyl (C=O) groups is 1. The van der Waals surface area contributed by atoms with Crippen molar-refractivity contribution in [2.45, 2.75) is 25.1 Å². The average molecular weight is 287 g/mol. The third kappa shape index (κ3) is 3.12. The summed E-state index contributed by atoms with van der Waals surface area (Å²) in [6.07, 6.45) is -2.54. The molecule has 3 nitrogen and oxygen atoms in total. The van der Waals surface area contributed by atoms with Crippen LogP contribution in [0.25, 0.3) is 0 Å². The molecule has 6 heteroatoms. The second-order valence-electron chi connectivity index (χ2n) is 4.81. The normalized spacial score (nSPS) is 17.3. The van der Waals surface area contributed by atoms with Crippen LogP contribution in [-0.4, -0.2) is 32.6 Å². The molecule has 1 aromatic rings. The minimum Gasteiger partial charge on any atom is -0.381 e. The zero-order valence-electron chi connectivity index (χ0n) is 11.1. The standard InChI is InChI=1S/C14H16F3NO2/c1-20-11-4-6-18(7-5-11)13-3-2-10(9-19)8-12(13)14(15,16)17/h2-3,8-9,11H,4-7H2,1H3. The Balaban J connectivity index is 2.29. The minimum atomic E-state index is -4.47. The fourth-order valence-electron chi connectivity index (χ4n) is 2.46. The molecule has 0 spiro atoms. The molecule has 0 aromatic heterocycles. The summed E-state index contributed by atoms with van der Waals surface area (Å²) in [7, 11) is 1.61. The molecule has 0 saturated carbocycles. The van der Waals surface area contributed by atoms with Gasteiger partial charge < -0.3 is 9.64 Å². The van der Waals surface area contributed by atoms with E-state index in [1.807, 2.05) is 0 Å². The molecular weight excluding hydrogens is 271 g/mol. The molecule has 110 valence electrons. The molecule has 1 saturated heterocycles. The van der Waals surface area contributed by atoms with Gasteiger partial charge in [0.1, 0.15) is 6.29 Å². The lowest BCUT2D eigenvalue weighted by molar-refractivity contribution is -0.137. The number of aldehydes is 1. The highest BCUT2D eigenvalue weighted by Crippen LogP contribution is 2.38. The Morgan fingerprint density at radius 3 is 2.45 bits per heavy atom. The summed E-state index contributed by atoms with van der Waals surface area (Å²) >= 11 is 0. The maximum absolute atomic E-state index is 13.1. The second kappa shape index (κ2) is 5.83. The van der Waals surface area contributed by atoms with Gasteiger partial charge in [0.15, 0.2) is 0 Å². The third-order valence-corrected chi connectivity index (χ3v) is 3.58. The van der Waals surface area contributed by atoms with Crippen molar-refractivity contribution in [2.24, 2.45) is 0 Å². The maximum atomic E-state index is 13.1. The zero-order chi connectivity index (χ0) is 14.8. The number of alkyl halides is 3. The van der Waals surface area contributed by atoms with Crippen LogP contribution in [0.1, 0.15) is 28.8 Å². The minimum absolute atomic E-state index is 0.0350. The van der Waals surface area contributed by atoms with Gasteiger partial charge in [-0.25, -0.2) is 0 Å². The summed E-state index contributed by atoms with van der Waals surface area (Å²) < 4.78 is 44.5. The first kappa shape index (κ1) is 14.8. The van der Waals surface area contributed by atoms with Crippen LogP contribution in [0.15, 0.2) is 18.2 Å². The average Bonchev–Trinajstić information content (AvgIpc) is 2.46. The number of rotatable bonds is 3. The van der Waals surface area contributed by atoms with Crippen LogP contribution in [0.2, 0.25) is 0 Å². The molecule has 0 radical (unpaired) electrons. The topological polar surface area (TPSA) is 29.5 Å². The van der Waals surface area contributed by atoms with Gasteiger partial charge in [-0.2, -0.15) is 13.2 Å². The van der Waals surface area contributed by atoms with Crippen molar-refractivity contribution < 1.29 is 22.7 Å². The molecule has 1 aromatic carbocycles. The van der Waals surface area contributed by atoms with Gasteiger partial charge in [0, 0.05) is 31.5 Å². The molecule has 1 aliphatic rings. The lowest BCUT2D eigenvalue weighted by Crippen LogP contribution is -2.37. The van der Waals surface area contributed by atoms with E-state index in [4.69, 9.17) is 4.74 Å². The van der Waals surface area contributed by atoms with E-state index in [1.165, 1.54) is 12.1 Å². The van der Waals surface area contributed by atoms with Gasteiger partial charge >= 0.3 is 6.18 Å². The van der Waals surface area contributed by atoms with Gasteiger partial charge in [-0.1, -0.05) is 0 Å². The third-order valence-electron chi connectivity index (χ3n) is 3.58. The van der Waals surface area contributed by atoms with Crippen molar-refractivity contribution in [3.63, 3.8) is 0 Å². The number of carbonyl (C=O) groups excluding carboxylic acids is 1. The van der Waals surface area contributed by atoms with Crippen molar-refractivity contribution in [3.05, 3.63) is 29.3 Å². The number of hydrogen-bond donors (Lipinski definition) is 0. The van der Waals surface area contributed by atoms with Crippen molar-refractivity contribution >= 4 is 12.0 Å². The van der Waals surface area contributed by atoms with Crippen LogP contribution >= 0.6 is 0 Å². The summed E-state index contributed by atoms with van der Waals surface area (Å²) in [5, 5.41) is 0. The van der Waals surface area contributed by atoms with Crippen LogP contribution < -0.4 is 4.90 Å². The first-order chi connectivity index (χ1) is 9.45. The van der Waals surface area contributed by atoms with Gasteiger partial charge in [-0.05, 0) is 31.0 Å². The molecule has 0 bridgehead atoms. The Morgan fingerprint density at radius 2 is 1.95 bits per heavy atom. The molecule has 20 heavy (non-hydrogen) atoms. The van der Waals surface area contributed by atoms with Gasteiger partial charge in [0.25, 0.3) is 0 Å². The smallest absolute Gasteiger partial charge is 0.381 e. The molecule has 0 amide bonds. The van der Waals surface area contributed by atoms with Gasteiger partial charge in [-0.3, -0.25) is 4.79 Å². The van der Waals surface area contributed by atoms with Crippen LogP contribution in [0.3, 0.4) is 0 Å². The SMILES string of the molecule is COC1CCN(c2ccc(C=O)cc2C(F)(F)F)CC1. The number of ether oxygens (including phenoxy) is 1. The monoisotopic (exact) mass is 287 g/mol. The highest BCUT2D eigenvalue weighted by Gasteiger charge is 2.35. The van der Waals surface area contributed by atoms with Gasteiger partial charge in [0.05, 0.1) is 11.7 Å². The first-order valence-corrected chi connectivity index (χ1v) is 6.40. The van der Waals surface area contributed by atoms with E-state index < -0.39 is 11.7 Å². The lowest BCUT2D eigenvalue weighted by Gasteiger charge is -2.34. The largest absolute Gasteiger partial charge is 0.418 e. The Hall–Kier alpha value is -1.56. The number of nitrogens with zero attached hydrogens (tertiary/aromatic N) is 1. The summed E-state index contributed by atoms with van der Waals surface area (Å²) in [5.41, 5.74) is -0.580. The molecular formula is C14H16F3NO2. The van der Waals surface area contributed by atoms with Gasteiger partial charge in [0.2, 0.25) is 0 Å². The van der Waals surface area contributed by atoms with E-state index >= 15 is 0 Å². The molecule has 0 atom stereocenters. The van der Waals surface area contributed by atoms with Crippen LogP contribution in [0.4, 0.5) is 18.9 Å². The lowest BCUT2D eigenvalue weighted by atomic mass is 10.0. The number of halogens is 3. The molecule has 0 aliphatic carbocycles. The summed E-state index contributed by atoms with van der Waals surface area (Å²) in [6, 6.07) is 3.70. The summed E-state index contributed by atoms with van der Waals surface area (Å²) in [5.74, 6) is 0. The van der Waals surface area contributed by atoms with Gasteiger partial charge in [-0.15, -0.1) is 0 Å². The van der Waals surface area contributed by atoms with Crippen molar-refractivity contribution in [1.82, 2.24) is 0 Å². The van der Waals surface area contributed by atoms with Crippen molar-refractivity contribution in [1.29, 1.82) is 0 Å².